The van der Waals surface area contributed by atoms with Gasteiger partial charge in [-0.05, 0) is 55.5 Å². The molecule has 2 aliphatic rings. The van der Waals surface area contributed by atoms with E-state index in [1.165, 1.54) is 11.4 Å². The lowest BCUT2D eigenvalue weighted by molar-refractivity contribution is 0.312. The Morgan fingerprint density at radius 1 is 1.07 bits per heavy atom. The lowest BCUT2D eigenvalue weighted by atomic mass is 10.0. The van der Waals surface area contributed by atoms with E-state index in [1.54, 1.807) is 0 Å². The number of aliphatic imine (C=N–C) groups is 1. The summed E-state index contributed by atoms with van der Waals surface area (Å²) in [7, 11) is 0. The van der Waals surface area contributed by atoms with Crippen LogP contribution in [0.25, 0.3) is 5.69 Å². The Balaban J connectivity index is 1.64. The standard InChI is InChI=1S/C22H21ClN4S/c1-14-6-11-19(27(14)17-9-7-16(23)8-10-17)21-20(18-5-3-4-12-24-18)25-22-26(21)13-15(2)28-22/h3-12,15,20-21H,13H2,1-2H3/t15-,20+,21-/m1/s1. The Hall–Kier alpha value is -2.24. The van der Waals surface area contributed by atoms with Crippen LogP contribution in [0.5, 0.6) is 0 Å². The van der Waals surface area contributed by atoms with Crippen molar-refractivity contribution in [3.05, 3.63) is 82.9 Å². The monoisotopic (exact) mass is 408 g/mol. The molecule has 142 valence electrons. The number of thioether (sulfide) groups is 1. The van der Waals surface area contributed by atoms with Crippen molar-refractivity contribution in [3.63, 3.8) is 0 Å². The summed E-state index contributed by atoms with van der Waals surface area (Å²) in [6.45, 7) is 5.41. The van der Waals surface area contributed by atoms with Crippen LogP contribution in [0.15, 0.2) is 65.8 Å². The summed E-state index contributed by atoms with van der Waals surface area (Å²) in [6, 6.07) is 18.7. The van der Waals surface area contributed by atoms with Crippen molar-refractivity contribution in [2.45, 2.75) is 31.2 Å². The highest BCUT2D eigenvalue weighted by Gasteiger charge is 2.44. The number of pyridine rings is 1. The quantitative estimate of drug-likeness (QED) is 0.579. The van der Waals surface area contributed by atoms with Gasteiger partial charge in [-0.15, -0.1) is 0 Å². The number of halogens is 1. The number of aromatic nitrogens is 2. The number of benzene rings is 1. The van der Waals surface area contributed by atoms with Crippen molar-refractivity contribution in [3.8, 4) is 5.69 Å². The summed E-state index contributed by atoms with van der Waals surface area (Å²) in [5.74, 6) is 0. The van der Waals surface area contributed by atoms with Gasteiger partial charge in [-0.2, -0.15) is 0 Å². The van der Waals surface area contributed by atoms with Crippen molar-refractivity contribution < 1.29 is 0 Å². The molecular weight excluding hydrogens is 388 g/mol. The van der Waals surface area contributed by atoms with Gasteiger partial charge in [0.15, 0.2) is 5.17 Å². The van der Waals surface area contributed by atoms with Crippen LogP contribution in [0.3, 0.4) is 0 Å². The van der Waals surface area contributed by atoms with Crippen molar-refractivity contribution in [2.24, 2.45) is 4.99 Å². The molecule has 0 unspecified atom stereocenters. The highest BCUT2D eigenvalue weighted by molar-refractivity contribution is 8.14. The van der Waals surface area contributed by atoms with E-state index in [2.05, 4.69) is 58.6 Å². The number of hydrogen-bond acceptors (Lipinski definition) is 4. The Morgan fingerprint density at radius 3 is 2.64 bits per heavy atom. The zero-order chi connectivity index (χ0) is 19.3. The molecule has 0 saturated carbocycles. The van der Waals surface area contributed by atoms with Gasteiger partial charge in [0.05, 0.1) is 11.7 Å². The van der Waals surface area contributed by atoms with Crippen LogP contribution in [0.2, 0.25) is 5.02 Å². The number of amidine groups is 1. The minimum Gasteiger partial charge on any atom is -0.339 e. The fraction of sp³-hybridized carbons (Fsp3) is 0.273. The third kappa shape index (κ3) is 2.93. The number of fused-ring (bicyclic) bond motifs is 1. The normalized spacial score (nSPS) is 23.8. The van der Waals surface area contributed by atoms with Crippen LogP contribution in [0, 0.1) is 6.92 Å². The van der Waals surface area contributed by atoms with Gasteiger partial charge in [0.25, 0.3) is 0 Å². The summed E-state index contributed by atoms with van der Waals surface area (Å²) in [5.41, 5.74) is 4.58. The molecule has 6 heteroatoms. The maximum absolute atomic E-state index is 6.13. The van der Waals surface area contributed by atoms with Gasteiger partial charge >= 0.3 is 0 Å². The van der Waals surface area contributed by atoms with E-state index in [-0.39, 0.29) is 12.1 Å². The molecule has 3 atom stereocenters. The van der Waals surface area contributed by atoms with Crippen LogP contribution >= 0.6 is 23.4 Å². The van der Waals surface area contributed by atoms with Gasteiger partial charge in [0.1, 0.15) is 6.04 Å². The van der Waals surface area contributed by atoms with Crippen LogP contribution in [0.4, 0.5) is 0 Å². The highest BCUT2D eigenvalue weighted by atomic mass is 35.5. The maximum Gasteiger partial charge on any atom is 0.160 e. The Morgan fingerprint density at radius 2 is 1.89 bits per heavy atom. The first-order chi connectivity index (χ1) is 13.6. The number of nitrogens with zero attached hydrogens (tertiary/aromatic N) is 4. The Bertz CT molecular complexity index is 1030. The largest absolute Gasteiger partial charge is 0.339 e. The third-order valence-corrected chi connectivity index (χ3v) is 6.73. The van der Waals surface area contributed by atoms with E-state index < -0.39 is 0 Å². The third-order valence-electron chi connectivity index (χ3n) is 5.38. The summed E-state index contributed by atoms with van der Waals surface area (Å²) in [4.78, 5) is 12.2. The van der Waals surface area contributed by atoms with Gasteiger partial charge in [0.2, 0.25) is 0 Å². The second-order valence-corrected chi connectivity index (χ2v) is 9.19. The topological polar surface area (TPSA) is 33.4 Å². The molecule has 28 heavy (non-hydrogen) atoms. The van der Waals surface area contributed by atoms with Gasteiger partial charge in [-0.25, -0.2) is 0 Å². The number of aryl methyl sites for hydroxylation is 1. The molecule has 5 rings (SSSR count). The minimum absolute atomic E-state index is 0.00319. The SMILES string of the molecule is Cc1ccc([C@@H]2[C@H](c3ccccn3)N=C3S[C@H](C)CN32)n1-c1ccc(Cl)cc1. The molecule has 0 amide bonds. The highest BCUT2D eigenvalue weighted by Crippen LogP contribution is 2.48. The molecular formula is C22H21ClN4S. The molecule has 4 heterocycles. The van der Waals surface area contributed by atoms with E-state index in [4.69, 9.17) is 16.6 Å². The molecule has 2 aromatic heterocycles. The Labute approximate surface area is 174 Å². The smallest absolute Gasteiger partial charge is 0.160 e. The van der Waals surface area contributed by atoms with Gasteiger partial charge in [-0.3, -0.25) is 9.98 Å². The summed E-state index contributed by atoms with van der Waals surface area (Å²) in [6.07, 6.45) is 1.86. The van der Waals surface area contributed by atoms with Crippen molar-refractivity contribution in [2.75, 3.05) is 6.54 Å². The van der Waals surface area contributed by atoms with Gasteiger partial charge < -0.3 is 9.47 Å². The lowest BCUT2D eigenvalue weighted by Gasteiger charge is -2.28. The van der Waals surface area contributed by atoms with Gasteiger partial charge in [0, 0.05) is 40.1 Å². The molecule has 1 fully saturated rings. The first kappa shape index (κ1) is 17.8. The fourth-order valence-electron chi connectivity index (χ4n) is 4.17. The summed E-state index contributed by atoms with van der Waals surface area (Å²) < 4.78 is 2.32. The number of rotatable bonds is 3. The number of hydrogen-bond donors (Lipinski definition) is 0. The summed E-state index contributed by atoms with van der Waals surface area (Å²) >= 11 is 7.99. The van der Waals surface area contributed by atoms with Crippen molar-refractivity contribution in [1.29, 1.82) is 0 Å². The molecule has 0 aliphatic carbocycles. The van der Waals surface area contributed by atoms with Crippen molar-refractivity contribution in [1.82, 2.24) is 14.5 Å². The predicted molar refractivity (Wildman–Crippen MR) is 116 cm³/mol. The van der Waals surface area contributed by atoms with Gasteiger partial charge in [-0.1, -0.05) is 36.4 Å². The zero-order valence-corrected chi connectivity index (χ0v) is 17.4. The first-order valence-electron chi connectivity index (χ1n) is 9.48. The van der Waals surface area contributed by atoms with E-state index in [1.807, 2.05) is 42.2 Å². The minimum atomic E-state index is -0.00319. The molecule has 0 bridgehead atoms. The average Bonchev–Trinajstić information content (AvgIpc) is 3.35. The molecule has 4 nitrogen and oxygen atoms in total. The first-order valence-corrected chi connectivity index (χ1v) is 10.7. The molecule has 0 spiro atoms. The van der Waals surface area contributed by atoms with E-state index in [0.717, 1.165) is 28.1 Å². The van der Waals surface area contributed by atoms with Crippen LogP contribution in [0.1, 0.15) is 36.1 Å². The zero-order valence-electron chi connectivity index (χ0n) is 15.8. The second kappa shape index (κ2) is 6.98. The second-order valence-electron chi connectivity index (χ2n) is 7.35. The lowest BCUT2D eigenvalue weighted by Crippen LogP contribution is -2.30. The van der Waals surface area contributed by atoms with E-state index in [0.29, 0.717) is 5.25 Å². The molecule has 1 aromatic carbocycles. The average molecular weight is 409 g/mol. The van der Waals surface area contributed by atoms with Crippen molar-refractivity contribution >= 4 is 28.5 Å². The van der Waals surface area contributed by atoms with Crippen LogP contribution < -0.4 is 0 Å². The van der Waals surface area contributed by atoms with E-state index in [9.17, 15) is 0 Å². The molecule has 1 saturated heterocycles. The van der Waals surface area contributed by atoms with Crippen LogP contribution in [-0.2, 0) is 0 Å². The predicted octanol–water partition coefficient (Wildman–Crippen LogP) is 5.42. The van der Waals surface area contributed by atoms with E-state index >= 15 is 0 Å². The molecule has 3 aromatic rings. The fourth-order valence-corrected chi connectivity index (χ4v) is 5.39. The molecule has 2 aliphatic heterocycles. The van der Waals surface area contributed by atoms with Crippen LogP contribution in [-0.4, -0.2) is 31.4 Å². The molecule has 0 N–H and O–H groups in total. The Kier molecular flexibility index (Phi) is 4.44. The maximum atomic E-state index is 6.13. The summed E-state index contributed by atoms with van der Waals surface area (Å²) in [5, 5.41) is 2.43. The molecule has 0 radical (unpaired) electrons.